The average molecular weight is 200 g/mol. The number of hydrogen-bond acceptors (Lipinski definition) is 3. The molecule has 4 heteroatoms. The Labute approximate surface area is 85.4 Å². The number of rotatable bonds is 4. The molecule has 0 saturated carbocycles. The second kappa shape index (κ2) is 5.32. The van der Waals surface area contributed by atoms with Crippen LogP contribution in [0.2, 0.25) is 0 Å². The molecule has 0 bridgehead atoms. The first-order chi connectivity index (χ1) is 6.65. The standard InChI is InChI=1S/C10H20N2O2/c1-7(2)4-12-10(13)8-5-14-6-9(8)11-3/h7-9,11H,4-6H2,1-3H3,(H,12,13). The molecule has 0 spiro atoms. The van der Waals surface area contributed by atoms with Gasteiger partial charge in [0, 0.05) is 12.6 Å². The van der Waals surface area contributed by atoms with E-state index < -0.39 is 0 Å². The molecule has 82 valence electrons. The smallest absolute Gasteiger partial charge is 0.227 e. The zero-order valence-corrected chi connectivity index (χ0v) is 9.17. The molecular weight excluding hydrogens is 180 g/mol. The molecule has 2 unspecified atom stereocenters. The van der Waals surface area contributed by atoms with E-state index in [9.17, 15) is 4.79 Å². The Kier molecular flexibility index (Phi) is 4.35. The highest BCUT2D eigenvalue weighted by Gasteiger charge is 2.32. The summed E-state index contributed by atoms with van der Waals surface area (Å²) in [6.45, 7) is 6.08. The number of amides is 1. The van der Waals surface area contributed by atoms with E-state index in [0.717, 1.165) is 6.54 Å². The predicted molar refractivity (Wildman–Crippen MR) is 55.0 cm³/mol. The van der Waals surface area contributed by atoms with Crippen molar-refractivity contribution in [3.05, 3.63) is 0 Å². The third-order valence-corrected chi connectivity index (χ3v) is 2.47. The number of hydrogen-bond donors (Lipinski definition) is 2. The summed E-state index contributed by atoms with van der Waals surface area (Å²) in [6, 6.07) is 0.169. The van der Waals surface area contributed by atoms with Gasteiger partial charge in [0.1, 0.15) is 0 Å². The quantitative estimate of drug-likeness (QED) is 0.671. The van der Waals surface area contributed by atoms with E-state index in [4.69, 9.17) is 4.74 Å². The van der Waals surface area contributed by atoms with Gasteiger partial charge >= 0.3 is 0 Å². The van der Waals surface area contributed by atoms with Crippen LogP contribution in [0, 0.1) is 11.8 Å². The molecule has 0 aromatic heterocycles. The fraction of sp³-hybridized carbons (Fsp3) is 0.900. The van der Waals surface area contributed by atoms with E-state index in [2.05, 4.69) is 24.5 Å². The Balaban J connectivity index is 2.35. The first-order valence-corrected chi connectivity index (χ1v) is 5.18. The van der Waals surface area contributed by atoms with Crippen molar-refractivity contribution in [2.75, 3.05) is 26.8 Å². The molecule has 4 nitrogen and oxygen atoms in total. The first-order valence-electron chi connectivity index (χ1n) is 5.18. The Morgan fingerprint density at radius 2 is 2.21 bits per heavy atom. The third kappa shape index (κ3) is 2.96. The van der Waals surface area contributed by atoms with Gasteiger partial charge in [-0.15, -0.1) is 0 Å². The summed E-state index contributed by atoms with van der Waals surface area (Å²) in [7, 11) is 1.86. The van der Waals surface area contributed by atoms with E-state index in [0.29, 0.717) is 19.1 Å². The molecule has 0 radical (unpaired) electrons. The fourth-order valence-corrected chi connectivity index (χ4v) is 1.53. The molecule has 1 heterocycles. The van der Waals surface area contributed by atoms with Gasteiger partial charge in [-0.1, -0.05) is 13.8 Å². The SMILES string of the molecule is CNC1COCC1C(=O)NCC(C)C. The van der Waals surface area contributed by atoms with Crippen molar-refractivity contribution in [3.63, 3.8) is 0 Å². The highest BCUT2D eigenvalue weighted by atomic mass is 16.5. The van der Waals surface area contributed by atoms with Crippen molar-refractivity contribution in [3.8, 4) is 0 Å². The highest BCUT2D eigenvalue weighted by molar-refractivity contribution is 5.79. The van der Waals surface area contributed by atoms with Gasteiger partial charge in [0.25, 0.3) is 0 Å². The van der Waals surface area contributed by atoms with Crippen molar-refractivity contribution in [1.29, 1.82) is 0 Å². The van der Waals surface area contributed by atoms with Gasteiger partial charge in [0.2, 0.25) is 5.91 Å². The van der Waals surface area contributed by atoms with Gasteiger partial charge in [-0.3, -0.25) is 4.79 Å². The van der Waals surface area contributed by atoms with Crippen LogP contribution in [-0.4, -0.2) is 38.8 Å². The van der Waals surface area contributed by atoms with Crippen molar-refractivity contribution in [2.24, 2.45) is 11.8 Å². The molecular formula is C10H20N2O2. The van der Waals surface area contributed by atoms with E-state index in [1.165, 1.54) is 0 Å². The lowest BCUT2D eigenvalue weighted by Gasteiger charge is -2.17. The van der Waals surface area contributed by atoms with Crippen molar-refractivity contribution < 1.29 is 9.53 Å². The third-order valence-electron chi connectivity index (χ3n) is 2.47. The summed E-state index contributed by atoms with van der Waals surface area (Å²) < 4.78 is 5.27. The molecule has 2 N–H and O–H groups in total. The molecule has 1 rings (SSSR count). The Morgan fingerprint density at radius 1 is 1.50 bits per heavy atom. The topological polar surface area (TPSA) is 50.4 Å². The summed E-state index contributed by atoms with van der Waals surface area (Å²) in [5, 5.41) is 6.03. The van der Waals surface area contributed by atoms with Crippen LogP contribution in [0.25, 0.3) is 0 Å². The molecule has 1 fully saturated rings. The normalized spacial score (nSPS) is 26.9. The van der Waals surface area contributed by atoms with E-state index in [1.807, 2.05) is 7.05 Å². The zero-order valence-electron chi connectivity index (χ0n) is 9.17. The molecule has 2 atom stereocenters. The van der Waals surface area contributed by atoms with E-state index in [1.54, 1.807) is 0 Å². The van der Waals surface area contributed by atoms with Crippen LogP contribution in [0.15, 0.2) is 0 Å². The second-order valence-electron chi connectivity index (χ2n) is 4.18. The van der Waals surface area contributed by atoms with E-state index >= 15 is 0 Å². The van der Waals surface area contributed by atoms with E-state index in [-0.39, 0.29) is 17.9 Å². The van der Waals surface area contributed by atoms with Crippen molar-refractivity contribution >= 4 is 5.91 Å². The van der Waals surface area contributed by atoms with Crippen molar-refractivity contribution in [2.45, 2.75) is 19.9 Å². The van der Waals surface area contributed by atoms with Gasteiger partial charge in [0.15, 0.2) is 0 Å². The van der Waals surface area contributed by atoms with Crippen molar-refractivity contribution in [1.82, 2.24) is 10.6 Å². The summed E-state index contributed by atoms with van der Waals surface area (Å²) in [5.41, 5.74) is 0. The number of carbonyl (C=O) groups is 1. The minimum absolute atomic E-state index is 0.0289. The van der Waals surface area contributed by atoms with Gasteiger partial charge < -0.3 is 15.4 Å². The van der Waals surface area contributed by atoms with Crippen LogP contribution in [0.3, 0.4) is 0 Å². The molecule has 14 heavy (non-hydrogen) atoms. The van der Waals surface area contributed by atoms with Crippen LogP contribution in [-0.2, 0) is 9.53 Å². The van der Waals surface area contributed by atoms with Gasteiger partial charge in [-0.2, -0.15) is 0 Å². The van der Waals surface area contributed by atoms with Gasteiger partial charge in [0.05, 0.1) is 19.1 Å². The summed E-state index contributed by atoms with van der Waals surface area (Å²) in [5.74, 6) is 0.573. The number of carbonyl (C=O) groups excluding carboxylic acids is 1. The maximum Gasteiger partial charge on any atom is 0.227 e. The minimum atomic E-state index is -0.0289. The Hall–Kier alpha value is -0.610. The van der Waals surface area contributed by atoms with Crippen LogP contribution >= 0.6 is 0 Å². The lowest BCUT2D eigenvalue weighted by atomic mass is 10.0. The summed E-state index contributed by atoms with van der Waals surface area (Å²) >= 11 is 0. The summed E-state index contributed by atoms with van der Waals surface area (Å²) in [6.07, 6.45) is 0. The molecule has 0 aliphatic carbocycles. The molecule has 1 saturated heterocycles. The minimum Gasteiger partial charge on any atom is -0.379 e. The largest absolute Gasteiger partial charge is 0.379 e. The molecule has 1 aliphatic heterocycles. The molecule has 0 aromatic rings. The Morgan fingerprint density at radius 3 is 2.79 bits per heavy atom. The number of ether oxygens (including phenoxy) is 1. The molecule has 1 amide bonds. The average Bonchev–Trinajstić information content (AvgIpc) is 2.61. The second-order valence-corrected chi connectivity index (χ2v) is 4.18. The van der Waals surface area contributed by atoms with Gasteiger partial charge in [-0.05, 0) is 13.0 Å². The fourth-order valence-electron chi connectivity index (χ4n) is 1.53. The lowest BCUT2D eigenvalue weighted by Crippen LogP contribution is -2.43. The lowest BCUT2D eigenvalue weighted by molar-refractivity contribution is -0.125. The van der Waals surface area contributed by atoms with Crippen LogP contribution in [0.5, 0.6) is 0 Å². The Bertz CT molecular complexity index is 195. The molecule has 1 aliphatic rings. The number of nitrogens with one attached hydrogen (secondary N) is 2. The van der Waals surface area contributed by atoms with Crippen LogP contribution in [0.4, 0.5) is 0 Å². The van der Waals surface area contributed by atoms with Gasteiger partial charge in [-0.25, -0.2) is 0 Å². The summed E-state index contributed by atoms with van der Waals surface area (Å²) in [4.78, 5) is 11.7. The predicted octanol–water partition coefficient (Wildman–Crippen LogP) is -0.00700. The van der Waals surface area contributed by atoms with Crippen LogP contribution < -0.4 is 10.6 Å². The maximum atomic E-state index is 11.7. The monoisotopic (exact) mass is 200 g/mol. The number of likely N-dealkylation sites (N-methyl/N-ethyl adjacent to an activating group) is 1. The zero-order chi connectivity index (χ0) is 10.6. The highest BCUT2D eigenvalue weighted by Crippen LogP contribution is 2.13. The maximum absolute atomic E-state index is 11.7. The molecule has 0 aromatic carbocycles. The first kappa shape index (κ1) is 11.5. The van der Waals surface area contributed by atoms with Crippen LogP contribution in [0.1, 0.15) is 13.8 Å².